The highest BCUT2D eigenvalue weighted by molar-refractivity contribution is 6.05. The van der Waals surface area contributed by atoms with Gasteiger partial charge < -0.3 is 20.3 Å². The number of ether oxygens (including phenoxy) is 1. The van der Waals surface area contributed by atoms with Gasteiger partial charge in [0.2, 0.25) is 0 Å². The van der Waals surface area contributed by atoms with E-state index in [2.05, 4.69) is 0 Å². The van der Waals surface area contributed by atoms with E-state index in [1.807, 2.05) is 11.4 Å². The van der Waals surface area contributed by atoms with Crippen molar-refractivity contribution in [2.45, 2.75) is 18.8 Å². The topological polar surface area (TPSA) is 142 Å². The summed E-state index contributed by atoms with van der Waals surface area (Å²) < 4.78 is 45.7. The molecular formula is C22H14F3N3O6. The lowest BCUT2D eigenvalue weighted by atomic mass is 10.0. The van der Waals surface area contributed by atoms with Crippen LogP contribution in [0.15, 0.2) is 41.2 Å². The van der Waals surface area contributed by atoms with E-state index < -0.39 is 53.1 Å². The first kappa shape index (κ1) is 22.7. The molecule has 3 aromatic rings. The molecule has 0 aliphatic carbocycles. The SMILES string of the molecule is N#Cc1ccc2c3c1c(O)c(C(=O)NCC(=O)O)c(=O)n3CC(c1ccc(C(F)(F)F)cc1)O2. The normalized spacial score (nSPS) is 14.8. The number of benzene rings is 2. The fourth-order valence-electron chi connectivity index (χ4n) is 3.77. The number of hydrogen-bond acceptors (Lipinski definition) is 6. The van der Waals surface area contributed by atoms with Crippen LogP contribution < -0.4 is 15.6 Å². The maximum atomic E-state index is 13.2. The number of aliphatic carboxylic acids is 1. The zero-order valence-electron chi connectivity index (χ0n) is 17.0. The first-order chi connectivity index (χ1) is 16.0. The third kappa shape index (κ3) is 3.77. The van der Waals surface area contributed by atoms with Crippen LogP contribution in [0.25, 0.3) is 10.9 Å². The predicted octanol–water partition coefficient (Wildman–Crippen LogP) is 2.55. The second kappa shape index (κ2) is 8.11. The Hall–Kier alpha value is -4.53. The van der Waals surface area contributed by atoms with Crippen molar-refractivity contribution in [3.63, 3.8) is 0 Å². The zero-order chi connectivity index (χ0) is 24.8. The van der Waals surface area contributed by atoms with Crippen molar-refractivity contribution in [1.82, 2.24) is 9.88 Å². The Labute approximate surface area is 188 Å². The Bertz CT molecular complexity index is 1440. The van der Waals surface area contributed by atoms with E-state index in [1.165, 1.54) is 24.3 Å². The molecule has 2 heterocycles. The third-order valence-electron chi connectivity index (χ3n) is 5.32. The number of pyridine rings is 1. The summed E-state index contributed by atoms with van der Waals surface area (Å²) in [5, 5.41) is 30.8. The summed E-state index contributed by atoms with van der Waals surface area (Å²) in [6.45, 7) is -1.07. The van der Waals surface area contributed by atoms with Gasteiger partial charge in [-0.05, 0) is 29.8 Å². The maximum Gasteiger partial charge on any atom is 0.416 e. The van der Waals surface area contributed by atoms with E-state index in [1.54, 1.807) is 0 Å². The highest BCUT2D eigenvalue weighted by Gasteiger charge is 2.33. The molecule has 1 aliphatic rings. The second-order valence-corrected chi connectivity index (χ2v) is 7.39. The molecule has 1 aliphatic heterocycles. The highest BCUT2D eigenvalue weighted by atomic mass is 19.4. The van der Waals surface area contributed by atoms with Crippen LogP contribution in [-0.4, -0.2) is 33.2 Å². The second-order valence-electron chi connectivity index (χ2n) is 7.39. The molecule has 1 atom stereocenters. The van der Waals surface area contributed by atoms with Crippen LogP contribution in [0.3, 0.4) is 0 Å². The Balaban J connectivity index is 1.87. The molecule has 2 aromatic carbocycles. The summed E-state index contributed by atoms with van der Waals surface area (Å²) >= 11 is 0. The number of carbonyl (C=O) groups excluding carboxylic acids is 1. The summed E-state index contributed by atoms with van der Waals surface area (Å²) in [4.78, 5) is 36.5. The number of nitrogens with zero attached hydrogens (tertiary/aromatic N) is 2. The Morgan fingerprint density at radius 3 is 2.47 bits per heavy atom. The monoisotopic (exact) mass is 473 g/mol. The van der Waals surface area contributed by atoms with Gasteiger partial charge in [-0.2, -0.15) is 18.4 Å². The number of carboxylic acids is 1. The van der Waals surface area contributed by atoms with Crippen LogP contribution in [0.1, 0.15) is 33.2 Å². The maximum absolute atomic E-state index is 13.2. The molecule has 4 rings (SSSR count). The van der Waals surface area contributed by atoms with Gasteiger partial charge in [0.05, 0.1) is 34.6 Å². The predicted molar refractivity (Wildman–Crippen MR) is 109 cm³/mol. The van der Waals surface area contributed by atoms with Crippen LogP contribution in [0.2, 0.25) is 0 Å². The van der Waals surface area contributed by atoms with Crippen LogP contribution in [-0.2, 0) is 17.5 Å². The zero-order valence-corrected chi connectivity index (χ0v) is 17.0. The average Bonchev–Trinajstić information content (AvgIpc) is 2.80. The van der Waals surface area contributed by atoms with Crippen molar-refractivity contribution in [3.8, 4) is 17.6 Å². The van der Waals surface area contributed by atoms with Gasteiger partial charge in [0.1, 0.15) is 29.7 Å². The molecule has 1 amide bonds. The quantitative estimate of drug-likeness (QED) is 0.529. The van der Waals surface area contributed by atoms with Crippen LogP contribution in [0, 0.1) is 11.3 Å². The molecule has 3 N–H and O–H groups in total. The van der Waals surface area contributed by atoms with Gasteiger partial charge in [-0.1, -0.05) is 12.1 Å². The van der Waals surface area contributed by atoms with E-state index in [9.17, 15) is 37.9 Å². The van der Waals surface area contributed by atoms with Gasteiger partial charge in [0.15, 0.2) is 0 Å². The minimum absolute atomic E-state index is 0.0273. The number of amides is 1. The molecule has 12 heteroatoms. The molecule has 0 radical (unpaired) electrons. The summed E-state index contributed by atoms with van der Waals surface area (Å²) in [5.74, 6) is -3.29. The lowest BCUT2D eigenvalue weighted by molar-refractivity contribution is -0.138. The van der Waals surface area contributed by atoms with Gasteiger partial charge in [-0.25, -0.2) is 0 Å². The largest absolute Gasteiger partial charge is 0.506 e. The number of rotatable bonds is 4. The van der Waals surface area contributed by atoms with Crippen LogP contribution in [0.5, 0.6) is 11.5 Å². The molecule has 174 valence electrons. The number of nitriles is 1. The molecule has 1 unspecified atom stereocenters. The van der Waals surface area contributed by atoms with Gasteiger partial charge in [0.25, 0.3) is 11.5 Å². The molecule has 0 saturated heterocycles. The van der Waals surface area contributed by atoms with Crippen LogP contribution >= 0.6 is 0 Å². The lowest BCUT2D eigenvalue weighted by Gasteiger charge is -2.29. The van der Waals surface area contributed by atoms with Gasteiger partial charge in [-0.3, -0.25) is 19.0 Å². The number of nitrogens with one attached hydrogen (secondary N) is 1. The van der Waals surface area contributed by atoms with Crippen molar-refractivity contribution in [2.24, 2.45) is 0 Å². The summed E-state index contributed by atoms with van der Waals surface area (Å²) in [6.07, 6.45) is -5.46. The molecular weight excluding hydrogens is 459 g/mol. The van der Waals surface area contributed by atoms with Crippen molar-refractivity contribution < 1.29 is 37.7 Å². The molecule has 9 nitrogen and oxygen atoms in total. The van der Waals surface area contributed by atoms with E-state index in [-0.39, 0.29) is 28.8 Å². The molecule has 0 saturated carbocycles. The highest BCUT2D eigenvalue weighted by Crippen LogP contribution is 2.41. The van der Waals surface area contributed by atoms with E-state index in [0.717, 1.165) is 16.7 Å². The summed E-state index contributed by atoms with van der Waals surface area (Å²) in [5.41, 5.74) is -2.35. The number of aromatic nitrogens is 1. The van der Waals surface area contributed by atoms with Crippen molar-refractivity contribution in [3.05, 3.63) is 69.0 Å². The Kier molecular flexibility index (Phi) is 5.40. The first-order valence-electron chi connectivity index (χ1n) is 9.69. The standard InChI is InChI=1S/C22H14F3N3O6/c23-22(24,25)12-4-1-10(2-5-12)14-9-28-18-13(34-14)6-3-11(7-26)16(18)19(31)17(21(28)33)20(32)27-8-15(29)30/h1-6,14,31H,8-9H2,(H,27,32)(H,29,30). The number of carboxylic acid groups (broad SMARTS) is 1. The van der Waals surface area contributed by atoms with Crippen molar-refractivity contribution in [1.29, 1.82) is 5.26 Å². The van der Waals surface area contributed by atoms with E-state index in [0.29, 0.717) is 5.56 Å². The number of alkyl halides is 3. The fraction of sp³-hybridized carbons (Fsp3) is 0.182. The van der Waals surface area contributed by atoms with Crippen molar-refractivity contribution in [2.75, 3.05) is 6.54 Å². The average molecular weight is 473 g/mol. The minimum atomic E-state index is -4.54. The van der Waals surface area contributed by atoms with E-state index >= 15 is 0 Å². The Morgan fingerprint density at radius 2 is 1.88 bits per heavy atom. The minimum Gasteiger partial charge on any atom is -0.506 e. The molecule has 0 fully saturated rings. The van der Waals surface area contributed by atoms with Gasteiger partial charge in [0, 0.05) is 0 Å². The van der Waals surface area contributed by atoms with Gasteiger partial charge >= 0.3 is 12.1 Å². The number of aromatic hydroxyl groups is 1. The first-order valence-corrected chi connectivity index (χ1v) is 9.69. The summed E-state index contributed by atoms with van der Waals surface area (Å²) in [6, 6.07) is 8.65. The third-order valence-corrected chi connectivity index (χ3v) is 5.32. The molecule has 1 aromatic heterocycles. The smallest absolute Gasteiger partial charge is 0.416 e. The molecule has 0 spiro atoms. The van der Waals surface area contributed by atoms with Crippen LogP contribution in [0.4, 0.5) is 13.2 Å². The number of hydrogen-bond donors (Lipinski definition) is 3. The van der Waals surface area contributed by atoms with Gasteiger partial charge in [-0.15, -0.1) is 0 Å². The van der Waals surface area contributed by atoms with Crippen molar-refractivity contribution >= 4 is 22.8 Å². The Morgan fingerprint density at radius 1 is 1.21 bits per heavy atom. The number of carbonyl (C=O) groups is 2. The fourth-order valence-corrected chi connectivity index (χ4v) is 3.77. The molecule has 0 bridgehead atoms. The lowest BCUT2D eigenvalue weighted by Crippen LogP contribution is -2.38. The summed E-state index contributed by atoms with van der Waals surface area (Å²) in [7, 11) is 0. The molecule has 34 heavy (non-hydrogen) atoms. The number of halogens is 3. The van der Waals surface area contributed by atoms with E-state index in [4.69, 9.17) is 9.84 Å².